The van der Waals surface area contributed by atoms with E-state index < -0.39 is 0 Å². The van der Waals surface area contributed by atoms with Gasteiger partial charge in [0, 0.05) is 6.04 Å². The quantitative estimate of drug-likeness (QED) is 0.728. The van der Waals surface area contributed by atoms with Gasteiger partial charge in [-0.1, -0.05) is 6.07 Å². The van der Waals surface area contributed by atoms with Crippen LogP contribution in [0.25, 0.3) is 0 Å². The molecule has 74 valence electrons. The maximum Gasteiger partial charge on any atom is 0.270 e. The number of amides is 1. The fourth-order valence-electron chi connectivity index (χ4n) is 0.980. The van der Waals surface area contributed by atoms with E-state index in [0.29, 0.717) is 6.29 Å². The molecule has 0 saturated heterocycles. The zero-order chi connectivity index (χ0) is 10.6. The molecule has 4 heteroatoms. The van der Waals surface area contributed by atoms with E-state index in [0.717, 1.165) is 0 Å². The van der Waals surface area contributed by atoms with Gasteiger partial charge in [-0.15, -0.1) is 0 Å². The van der Waals surface area contributed by atoms with E-state index >= 15 is 0 Å². The largest absolute Gasteiger partial charge is 0.349 e. The molecule has 0 aliphatic rings. The van der Waals surface area contributed by atoms with Crippen LogP contribution in [0.1, 0.15) is 34.8 Å². The molecule has 0 aromatic carbocycles. The molecule has 0 bridgehead atoms. The Labute approximate surface area is 82.3 Å². The van der Waals surface area contributed by atoms with Gasteiger partial charge in [0.05, 0.1) is 0 Å². The summed E-state index contributed by atoms with van der Waals surface area (Å²) < 4.78 is 0. The van der Waals surface area contributed by atoms with E-state index in [-0.39, 0.29) is 23.3 Å². The second kappa shape index (κ2) is 4.50. The van der Waals surface area contributed by atoms with Crippen LogP contribution in [0.3, 0.4) is 0 Å². The molecule has 0 radical (unpaired) electrons. The second-order valence-electron chi connectivity index (χ2n) is 3.19. The van der Waals surface area contributed by atoms with Gasteiger partial charge in [-0.25, -0.2) is 4.98 Å². The molecule has 0 unspecified atom stereocenters. The molecule has 4 nitrogen and oxygen atoms in total. The number of carbonyl (C=O) groups is 2. The van der Waals surface area contributed by atoms with Crippen molar-refractivity contribution in [1.82, 2.24) is 10.3 Å². The molecule has 1 amide bonds. The van der Waals surface area contributed by atoms with Crippen molar-refractivity contribution >= 4 is 12.2 Å². The van der Waals surface area contributed by atoms with Crippen molar-refractivity contribution in [3.63, 3.8) is 0 Å². The molecule has 1 aromatic rings. The van der Waals surface area contributed by atoms with E-state index in [1.165, 1.54) is 0 Å². The molecule has 14 heavy (non-hydrogen) atoms. The first-order valence-corrected chi connectivity index (χ1v) is 4.36. The lowest BCUT2D eigenvalue weighted by molar-refractivity contribution is 0.0938. The minimum absolute atomic E-state index is 0.0594. The number of nitrogens with one attached hydrogen (secondary N) is 1. The van der Waals surface area contributed by atoms with Crippen molar-refractivity contribution in [3.8, 4) is 0 Å². The van der Waals surface area contributed by atoms with Crippen LogP contribution >= 0.6 is 0 Å². The molecule has 1 N–H and O–H groups in total. The highest BCUT2D eigenvalue weighted by Crippen LogP contribution is 1.97. The number of hydrogen-bond acceptors (Lipinski definition) is 3. The summed E-state index contributed by atoms with van der Waals surface area (Å²) >= 11 is 0. The van der Waals surface area contributed by atoms with Crippen molar-refractivity contribution in [1.29, 1.82) is 0 Å². The zero-order valence-electron chi connectivity index (χ0n) is 8.15. The predicted molar refractivity (Wildman–Crippen MR) is 52.2 cm³/mol. The minimum atomic E-state index is -0.260. The van der Waals surface area contributed by atoms with Crippen LogP contribution in [0.5, 0.6) is 0 Å². The van der Waals surface area contributed by atoms with Crippen LogP contribution in [-0.4, -0.2) is 23.2 Å². The standard InChI is InChI=1S/C10H12N2O2/c1-7(2)11-10(14)9-5-3-4-8(6-13)12-9/h3-7H,1-2H3,(H,11,14). The van der Waals surface area contributed by atoms with Gasteiger partial charge >= 0.3 is 0 Å². The number of nitrogens with zero attached hydrogens (tertiary/aromatic N) is 1. The summed E-state index contributed by atoms with van der Waals surface area (Å²) in [6.45, 7) is 3.73. The van der Waals surface area contributed by atoms with Crippen molar-refractivity contribution in [3.05, 3.63) is 29.6 Å². The lowest BCUT2D eigenvalue weighted by Crippen LogP contribution is -2.30. The fourth-order valence-corrected chi connectivity index (χ4v) is 0.980. The fraction of sp³-hybridized carbons (Fsp3) is 0.300. The summed E-state index contributed by atoms with van der Waals surface area (Å²) in [7, 11) is 0. The summed E-state index contributed by atoms with van der Waals surface area (Å²) in [5, 5.41) is 2.69. The van der Waals surface area contributed by atoms with E-state index in [1.54, 1.807) is 18.2 Å². The summed E-state index contributed by atoms with van der Waals surface area (Å²) in [5.74, 6) is -0.260. The molecule has 0 fully saturated rings. The molecule has 0 spiro atoms. The molecule has 0 aliphatic heterocycles. The Hall–Kier alpha value is -1.71. The van der Waals surface area contributed by atoms with Crippen LogP contribution in [0.15, 0.2) is 18.2 Å². The molecule has 1 rings (SSSR count). The number of hydrogen-bond donors (Lipinski definition) is 1. The Morgan fingerprint density at radius 1 is 1.50 bits per heavy atom. The van der Waals surface area contributed by atoms with Crippen molar-refractivity contribution < 1.29 is 9.59 Å². The van der Waals surface area contributed by atoms with Crippen molar-refractivity contribution in [2.75, 3.05) is 0 Å². The van der Waals surface area contributed by atoms with Crippen LogP contribution in [0, 0.1) is 0 Å². The van der Waals surface area contributed by atoms with Crippen LogP contribution in [0.4, 0.5) is 0 Å². The Morgan fingerprint density at radius 2 is 2.21 bits per heavy atom. The SMILES string of the molecule is CC(C)NC(=O)c1cccc(C=O)n1. The van der Waals surface area contributed by atoms with E-state index in [9.17, 15) is 9.59 Å². The Balaban J connectivity index is 2.84. The van der Waals surface area contributed by atoms with E-state index in [4.69, 9.17) is 0 Å². The molecule has 1 aromatic heterocycles. The monoisotopic (exact) mass is 192 g/mol. The third-order valence-electron chi connectivity index (χ3n) is 1.54. The predicted octanol–water partition coefficient (Wildman–Crippen LogP) is 1.03. The topological polar surface area (TPSA) is 59.1 Å². The molecular weight excluding hydrogens is 180 g/mol. The Bertz CT molecular complexity index is 348. The maximum absolute atomic E-state index is 11.4. The maximum atomic E-state index is 11.4. The summed E-state index contributed by atoms with van der Waals surface area (Å²) in [6, 6.07) is 4.82. The first-order chi connectivity index (χ1) is 6.63. The summed E-state index contributed by atoms with van der Waals surface area (Å²) in [5.41, 5.74) is 0.532. The Kier molecular flexibility index (Phi) is 3.34. The number of pyridine rings is 1. The number of carbonyl (C=O) groups excluding carboxylic acids is 2. The minimum Gasteiger partial charge on any atom is -0.349 e. The van der Waals surface area contributed by atoms with Gasteiger partial charge < -0.3 is 5.32 Å². The molecule has 0 saturated carbocycles. The lowest BCUT2D eigenvalue weighted by Gasteiger charge is -2.07. The second-order valence-corrected chi connectivity index (χ2v) is 3.19. The highest BCUT2D eigenvalue weighted by atomic mass is 16.2. The van der Waals surface area contributed by atoms with Gasteiger partial charge in [-0.2, -0.15) is 0 Å². The third-order valence-corrected chi connectivity index (χ3v) is 1.54. The van der Waals surface area contributed by atoms with E-state index in [2.05, 4.69) is 10.3 Å². The van der Waals surface area contributed by atoms with Crippen molar-refractivity contribution in [2.45, 2.75) is 19.9 Å². The van der Waals surface area contributed by atoms with Gasteiger partial charge in [0.2, 0.25) is 0 Å². The number of aldehydes is 1. The van der Waals surface area contributed by atoms with Gasteiger partial charge in [0.25, 0.3) is 5.91 Å². The number of rotatable bonds is 3. The first kappa shape index (κ1) is 10.4. The zero-order valence-corrected chi connectivity index (χ0v) is 8.15. The van der Waals surface area contributed by atoms with Gasteiger partial charge in [-0.05, 0) is 26.0 Å². The third kappa shape index (κ3) is 2.65. The highest BCUT2D eigenvalue weighted by Gasteiger charge is 2.08. The number of aromatic nitrogens is 1. The smallest absolute Gasteiger partial charge is 0.270 e. The van der Waals surface area contributed by atoms with Gasteiger partial charge in [0.1, 0.15) is 11.4 Å². The lowest BCUT2D eigenvalue weighted by atomic mass is 10.3. The van der Waals surface area contributed by atoms with Crippen LogP contribution < -0.4 is 5.32 Å². The van der Waals surface area contributed by atoms with Gasteiger partial charge in [0.15, 0.2) is 6.29 Å². The normalized spacial score (nSPS) is 9.93. The highest BCUT2D eigenvalue weighted by molar-refractivity contribution is 5.93. The molecular formula is C10H12N2O2. The van der Waals surface area contributed by atoms with Crippen molar-refractivity contribution in [2.24, 2.45) is 0 Å². The van der Waals surface area contributed by atoms with Crippen LogP contribution in [-0.2, 0) is 0 Å². The van der Waals surface area contributed by atoms with Crippen LogP contribution in [0.2, 0.25) is 0 Å². The van der Waals surface area contributed by atoms with E-state index in [1.807, 2.05) is 13.8 Å². The average Bonchev–Trinajstić information content (AvgIpc) is 2.17. The molecule has 0 aliphatic carbocycles. The molecule has 1 heterocycles. The first-order valence-electron chi connectivity index (χ1n) is 4.36. The summed E-state index contributed by atoms with van der Waals surface area (Å²) in [6.07, 6.45) is 0.617. The Morgan fingerprint density at radius 3 is 2.79 bits per heavy atom. The summed E-state index contributed by atoms with van der Waals surface area (Å²) in [4.78, 5) is 25.7. The van der Waals surface area contributed by atoms with Gasteiger partial charge in [-0.3, -0.25) is 9.59 Å². The average molecular weight is 192 g/mol. The molecule has 0 atom stereocenters.